The Morgan fingerprint density at radius 2 is 1.87 bits per heavy atom. The molecule has 0 atom stereocenters. The number of carbonyl (C=O) groups excluding carboxylic acids is 1. The number of nitrogens with zero attached hydrogens (tertiary/aromatic N) is 6. The molecule has 0 aromatic carbocycles. The fourth-order valence-electron chi connectivity index (χ4n) is 3.76. The van der Waals surface area contributed by atoms with E-state index in [-0.39, 0.29) is 11.7 Å². The minimum absolute atomic E-state index is 0.128. The van der Waals surface area contributed by atoms with E-state index in [1.807, 2.05) is 17.9 Å². The average Bonchev–Trinajstić information content (AvgIpc) is 3.12. The monoisotopic (exact) mass is 426 g/mol. The van der Waals surface area contributed by atoms with Gasteiger partial charge in [0.2, 0.25) is 10.0 Å². The van der Waals surface area contributed by atoms with E-state index in [4.69, 9.17) is 0 Å². The summed E-state index contributed by atoms with van der Waals surface area (Å²) in [6.07, 6.45) is 3.76. The van der Waals surface area contributed by atoms with Gasteiger partial charge in [-0.3, -0.25) is 9.10 Å². The van der Waals surface area contributed by atoms with Crippen molar-refractivity contribution in [3.8, 4) is 6.07 Å². The van der Waals surface area contributed by atoms with Gasteiger partial charge in [0.25, 0.3) is 5.91 Å². The van der Waals surface area contributed by atoms with Gasteiger partial charge in [-0.1, -0.05) is 0 Å². The summed E-state index contributed by atoms with van der Waals surface area (Å²) in [5, 5.41) is 9.37. The summed E-state index contributed by atoms with van der Waals surface area (Å²) in [5.74, 6) is 0.981. The first kappa shape index (κ1) is 20.1. The number of anilines is 2. The largest absolute Gasteiger partial charge is 0.352 e. The molecule has 0 bridgehead atoms. The fourth-order valence-corrected chi connectivity index (χ4v) is 5.27. The molecule has 30 heavy (non-hydrogen) atoms. The lowest BCUT2D eigenvalue weighted by Gasteiger charge is -2.35. The lowest BCUT2D eigenvalue weighted by molar-refractivity contribution is 0.0746. The number of sulfonamides is 1. The quantitative estimate of drug-likeness (QED) is 0.724. The number of nitriles is 1. The van der Waals surface area contributed by atoms with E-state index >= 15 is 0 Å². The van der Waals surface area contributed by atoms with Crippen LogP contribution in [0, 0.1) is 18.3 Å². The SMILES string of the molecule is Cc1cnc(N2CCN(C(=O)c3ccc(N4CCCS4(=O)=O)nc3)CC2)c(C#N)c1. The van der Waals surface area contributed by atoms with Crippen LogP contribution in [-0.2, 0) is 10.0 Å². The van der Waals surface area contributed by atoms with Crippen molar-refractivity contribution in [1.82, 2.24) is 14.9 Å². The maximum absolute atomic E-state index is 12.8. The smallest absolute Gasteiger partial charge is 0.255 e. The highest BCUT2D eigenvalue weighted by molar-refractivity contribution is 7.93. The van der Waals surface area contributed by atoms with Crippen molar-refractivity contribution < 1.29 is 13.2 Å². The molecule has 2 saturated heterocycles. The van der Waals surface area contributed by atoms with Crippen LogP contribution >= 0.6 is 0 Å². The van der Waals surface area contributed by atoms with Gasteiger partial charge in [0.05, 0.1) is 16.9 Å². The number of aromatic nitrogens is 2. The number of hydrogen-bond donors (Lipinski definition) is 0. The van der Waals surface area contributed by atoms with Crippen molar-refractivity contribution in [2.24, 2.45) is 0 Å². The van der Waals surface area contributed by atoms with E-state index in [1.54, 1.807) is 23.2 Å². The first-order chi connectivity index (χ1) is 14.4. The normalized spacial score (nSPS) is 18.3. The van der Waals surface area contributed by atoms with Crippen molar-refractivity contribution in [3.63, 3.8) is 0 Å². The van der Waals surface area contributed by atoms with E-state index in [2.05, 4.69) is 16.0 Å². The van der Waals surface area contributed by atoms with Crippen molar-refractivity contribution in [2.45, 2.75) is 13.3 Å². The highest BCUT2D eigenvalue weighted by Gasteiger charge is 2.30. The molecule has 0 spiro atoms. The Labute approximate surface area is 175 Å². The number of carbonyl (C=O) groups is 1. The zero-order valence-corrected chi connectivity index (χ0v) is 17.5. The van der Waals surface area contributed by atoms with E-state index in [0.717, 1.165) is 5.56 Å². The molecule has 2 aromatic heterocycles. The predicted octanol–water partition coefficient (Wildman–Crippen LogP) is 1.16. The predicted molar refractivity (Wildman–Crippen MR) is 112 cm³/mol. The third-order valence-corrected chi connectivity index (χ3v) is 7.19. The van der Waals surface area contributed by atoms with Gasteiger partial charge in [0.1, 0.15) is 17.7 Å². The molecule has 10 heteroatoms. The van der Waals surface area contributed by atoms with Crippen LogP contribution in [0.1, 0.15) is 27.9 Å². The van der Waals surface area contributed by atoms with Crippen LogP contribution in [-0.4, -0.2) is 67.7 Å². The molecule has 0 aliphatic carbocycles. The summed E-state index contributed by atoms with van der Waals surface area (Å²) in [4.78, 5) is 25.2. The van der Waals surface area contributed by atoms with Gasteiger partial charge < -0.3 is 9.80 Å². The Morgan fingerprint density at radius 3 is 2.47 bits per heavy atom. The molecule has 2 fully saturated rings. The van der Waals surface area contributed by atoms with Gasteiger partial charge >= 0.3 is 0 Å². The Hall–Kier alpha value is -3.19. The summed E-state index contributed by atoms with van der Waals surface area (Å²) in [6, 6.07) is 7.21. The van der Waals surface area contributed by atoms with Crippen molar-refractivity contribution >= 4 is 27.6 Å². The van der Waals surface area contributed by atoms with Crippen LogP contribution in [0.4, 0.5) is 11.6 Å². The van der Waals surface area contributed by atoms with Gasteiger partial charge in [-0.15, -0.1) is 0 Å². The highest BCUT2D eigenvalue weighted by Crippen LogP contribution is 2.23. The van der Waals surface area contributed by atoms with Crippen LogP contribution in [0.15, 0.2) is 30.6 Å². The van der Waals surface area contributed by atoms with Crippen LogP contribution in [0.5, 0.6) is 0 Å². The van der Waals surface area contributed by atoms with Gasteiger partial charge in [-0.25, -0.2) is 18.4 Å². The van der Waals surface area contributed by atoms with Crippen LogP contribution in [0.3, 0.4) is 0 Å². The molecule has 4 heterocycles. The zero-order chi connectivity index (χ0) is 21.3. The molecule has 0 N–H and O–H groups in total. The second-order valence-electron chi connectivity index (χ2n) is 7.42. The summed E-state index contributed by atoms with van der Waals surface area (Å²) in [6.45, 7) is 4.47. The third kappa shape index (κ3) is 3.80. The second-order valence-corrected chi connectivity index (χ2v) is 9.43. The summed E-state index contributed by atoms with van der Waals surface area (Å²) >= 11 is 0. The molecule has 0 saturated carbocycles. The van der Waals surface area contributed by atoms with Crippen LogP contribution < -0.4 is 9.21 Å². The Balaban J connectivity index is 1.42. The molecule has 0 unspecified atom stereocenters. The van der Waals surface area contributed by atoms with Crippen LogP contribution in [0.25, 0.3) is 0 Å². The third-order valence-electron chi connectivity index (χ3n) is 5.34. The van der Waals surface area contributed by atoms with E-state index in [9.17, 15) is 18.5 Å². The van der Waals surface area contributed by atoms with Crippen molar-refractivity contribution in [3.05, 3.63) is 47.3 Å². The molecule has 1 amide bonds. The van der Waals surface area contributed by atoms with Gasteiger partial charge in [-0.2, -0.15) is 5.26 Å². The Bertz CT molecular complexity index is 1100. The van der Waals surface area contributed by atoms with Crippen LogP contribution in [0.2, 0.25) is 0 Å². The number of amides is 1. The lowest BCUT2D eigenvalue weighted by Crippen LogP contribution is -2.49. The van der Waals surface area contributed by atoms with E-state index in [0.29, 0.717) is 61.9 Å². The molecule has 2 aliphatic heterocycles. The number of rotatable bonds is 3. The number of hydrogen-bond acceptors (Lipinski definition) is 7. The summed E-state index contributed by atoms with van der Waals surface area (Å²) in [7, 11) is -3.29. The molecular formula is C20H22N6O3S. The molecule has 2 aromatic rings. The first-order valence-corrected chi connectivity index (χ1v) is 11.4. The lowest BCUT2D eigenvalue weighted by atomic mass is 10.2. The Morgan fingerprint density at radius 1 is 1.10 bits per heavy atom. The Kier molecular flexibility index (Phi) is 5.30. The number of pyridine rings is 2. The summed E-state index contributed by atoms with van der Waals surface area (Å²) < 4.78 is 25.3. The molecular weight excluding hydrogens is 404 g/mol. The van der Waals surface area contributed by atoms with Gasteiger partial charge in [0.15, 0.2) is 0 Å². The molecule has 2 aliphatic rings. The number of piperazine rings is 1. The minimum atomic E-state index is -3.29. The fraction of sp³-hybridized carbons (Fsp3) is 0.400. The molecule has 156 valence electrons. The maximum Gasteiger partial charge on any atom is 0.255 e. The summed E-state index contributed by atoms with van der Waals surface area (Å²) in [5.41, 5.74) is 1.89. The van der Waals surface area contributed by atoms with E-state index < -0.39 is 10.0 Å². The number of aryl methyl sites for hydroxylation is 1. The first-order valence-electron chi connectivity index (χ1n) is 9.76. The second kappa shape index (κ2) is 7.91. The molecule has 4 rings (SSSR count). The minimum Gasteiger partial charge on any atom is -0.352 e. The van der Waals surface area contributed by atoms with Gasteiger partial charge in [-0.05, 0) is 37.1 Å². The van der Waals surface area contributed by atoms with Gasteiger partial charge in [0, 0.05) is 45.1 Å². The average molecular weight is 427 g/mol. The standard InChI is InChI=1S/C20H22N6O3S/c1-15-11-17(12-21)19(23-13-15)24-6-8-25(9-7-24)20(27)16-3-4-18(22-14-16)26-5-2-10-30(26,28)29/h3-4,11,13-14H,2,5-10H2,1H3. The van der Waals surface area contributed by atoms with Crippen molar-refractivity contribution in [2.75, 3.05) is 47.7 Å². The maximum atomic E-state index is 12.8. The molecule has 9 nitrogen and oxygen atoms in total. The highest BCUT2D eigenvalue weighted by atomic mass is 32.2. The van der Waals surface area contributed by atoms with Crippen molar-refractivity contribution in [1.29, 1.82) is 5.26 Å². The molecule has 0 radical (unpaired) electrons. The topological polar surface area (TPSA) is 110 Å². The zero-order valence-electron chi connectivity index (χ0n) is 16.7. The van der Waals surface area contributed by atoms with E-state index in [1.165, 1.54) is 10.5 Å².